The van der Waals surface area contributed by atoms with E-state index in [0.717, 1.165) is 0 Å². The summed E-state index contributed by atoms with van der Waals surface area (Å²) in [7, 11) is 1.48. The number of methoxy groups -OCH3 is 1. The van der Waals surface area contributed by atoms with E-state index in [4.69, 9.17) is 14.2 Å². The number of benzene rings is 2. The Labute approximate surface area is 174 Å². The van der Waals surface area contributed by atoms with E-state index in [1.54, 1.807) is 31.2 Å². The van der Waals surface area contributed by atoms with E-state index in [1.807, 2.05) is 13.8 Å². The van der Waals surface area contributed by atoms with Gasteiger partial charge in [-0.1, -0.05) is 0 Å². The van der Waals surface area contributed by atoms with Gasteiger partial charge < -0.3 is 14.2 Å². The highest BCUT2D eigenvalue weighted by Gasteiger charge is 2.14. The molecule has 0 aliphatic carbocycles. The number of nitrogens with one attached hydrogen (secondary N) is 3. The molecule has 0 spiro atoms. The summed E-state index contributed by atoms with van der Waals surface area (Å²) in [6.45, 7) is 5.72. The van der Waals surface area contributed by atoms with Crippen molar-refractivity contribution in [1.29, 1.82) is 0 Å². The van der Waals surface area contributed by atoms with Crippen LogP contribution in [0, 0.1) is 0 Å². The van der Waals surface area contributed by atoms with Gasteiger partial charge in [-0.2, -0.15) is 0 Å². The molecule has 9 nitrogen and oxygen atoms in total. The van der Waals surface area contributed by atoms with Crippen LogP contribution < -0.4 is 25.6 Å². The van der Waals surface area contributed by atoms with Crippen LogP contribution in [0.1, 0.15) is 41.5 Å². The largest absolute Gasteiger partial charge is 0.493 e. The zero-order valence-corrected chi connectivity index (χ0v) is 17.3. The lowest BCUT2D eigenvalue weighted by Crippen LogP contribution is -2.41. The van der Waals surface area contributed by atoms with Crippen molar-refractivity contribution in [3.8, 4) is 11.5 Å². The molecule has 2 aromatic rings. The second-order valence-electron chi connectivity index (χ2n) is 6.36. The lowest BCUT2D eigenvalue weighted by molar-refractivity contribution is 0.0846. The fourth-order valence-corrected chi connectivity index (χ4v) is 2.41. The second-order valence-corrected chi connectivity index (χ2v) is 6.36. The molecule has 160 valence electrons. The fourth-order valence-electron chi connectivity index (χ4n) is 2.41. The topological polar surface area (TPSA) is 115 Å². The Morgan fingerprint density at radius 2 is 1.50 bits per heavy atom. The van der Waals surface area contributed by atoms with E-state index in [-0.39, 0.29) is 18.3 Å². The molecule has 30 heavy (non-hydrogen) atoms. The Hall–Kier alpha value is -3.75. The quantitative estimate of drug-likeness (QED) is 0.599. The first-order chi connectivity index (χ1) is 14.3. The molecule has 0 aromatic heterocycles. The van der Waals surface area contributed by atoms with E-state index in [0.29, 0.717) is 22.7 Å². The van der Waals surface area contributed by atoms with Gasteiger partial charge in [-0.15, -0.1) is 0 Å². The number of anilines is 1. The zero-order chi connectivity index (χ0) is 22.1. The molecule has 0 fully saturated rings. The number of amides is 3. The lowest BCUT2D eigenvalue weighted by Gasteiger charge is -2.14. The van der Waals surface area contributed by atoms with Crippen LogP contribution in [0.15, 0.2) is 42.5 Å². The molecule has 9 heteroatoms. The molecule has 0 unspecified atom stereocenters. The minimum Gasteiger partial charge on any atom is -0.493 e. The van der Waals surface area contributed by atoms with E-state index in [1.165, 1.54) is 25.3 Å². The van der Waals surface area contributed by atoms with Gasteiger partial charge in [-0.05, 0) is 63.2 Å². The van der Waals surface area contributed by atoms with Crippen molar-refractivity contribution < 1.29 is 28.6 Å². The number of hydrazine groups is 1. The highest BCUT2D eigenvalue weighted by Crippen LogP contribution is 2.28. The summed E-state index contributed by atoms with van der Waals surface area (Å²) in [5, 5.41) is 2.52. The lowest BCUT2D eigenvalue weighted by atomic mass is 10.2. The van der Waals surface area contributed by atoms with E-state index in [2.05, 4.69) is 16.2 Å². The van der Waals surface area contributed by atoms with Crippen LogP contribution in [-0.2, 0) is 4.74 Å². The maximum Gasteiger partial charge on any atom is 0.411 e. The van der Waals surface area contributed by atoms with Gasteiger partial charge >= 0.3 is 6.09 Å². The molecule has 0 heterocycles. The van der Waals surface area contributed by atoms with Crippen LogP contribution in [0.2, 0.25) is 0 Å². The van der Waals surface area contributed by atoms with Crippen molar-refractivity contribution in [1.82, 2.24) is 10.9 Å². The van der Waals surface area contributed by atoms with Crippen LogP contribution in [-0.4, -0.2) is 37.7 Å². The van der Waals surface area contributed by atoms with Crippen LogP contribution in [0.3, 0.4) is 0 Å². The third-order valence-corrected chi connectivity index (χ3v) is 3.75. The molecule has 0 bridgehead atoms. The SMILES string of the molecule is CCOC(=O)Nc1ccc(C(=O)NNC(=O)c2ccc(OC(C)C)c(OC)c2)cc1. The van der Waals surface area contributed by atoms with E-state index < -0.39 is 17.9 Å². The number of carbonyl (C=O) groups is 3. The van der Waals surface area contributed by atoms with E-state index >= 15 is 0 Å². The predicted molar refractivity (Wildman–Crippen MR) is 111 cm³/mol. The molecule has 2 aromatic carbocycles. The molecule has 0 saturated heterocycles. The first-order valence-electron chi connectivity index (χ1n) is 9.33. The Bertz CT molecular complexity index is 896. The average molecular weight is 415 g/mol. The van der Waals surface area contributed by atoms with Crippen molar-refractivity contribution in [3.05, 3.63) is 53.6 Å². The molecule has 0 saturated carbocycles. The molecule has 3 amide bonds. The van der Waals surface area contributed by atoms with Crippen LogP contribution in [0.4, 0.5) is 10.5 Å². The van der Waals surface area contributed by atoms with Crippen molar-refractivity contribution in [2.24, 2.45) is 0 Å². The van der Waals surface area contributed by atoms with Crippen molar-refractivity contribution in [2.75, 3.05) is 19.0 Å². The van der Waals surface area contributed by atoms with Crippen molar-refractivity contribution >= 4 is 23.6 Å². The predicted octanol–water partition coefficient (Wildman–Crippen LogP) is 3.13. The van der Waals surface area contributed by atoms with Gasteiger partial charge in [0.05, 0.1) is 19.8 Å². The number of ether oxygens (including phenoxy) is 3. The molecular formula is C21H25N3O6. The monoisotopic (exact) mass is 415 g/mol. The minimum absolute atomic E-state index is 0.0447. The van der Waals surface area contributed by atoms with Crippen LogP contribution >= 0.6 is 0 Å². The van der Waals surface area contributed by atoms with Gasteiger partial charge in [0.15, 0.2) is 11.5 Å². The van der Waals surface area contributed by atoms with Crippen molar-refractivity contribution in [2.45, 2.75) is 26.9 Å². The van der Waals surface area contributed by atoms with Gasteiger partial charge in [-0.3, -0.25) is 25.8 Å². The second kappa shape index (κ2) is 10.7. The van der Waals surface area contributed by atoms with Gasteiger partial charge in [-0.25, -0.2) is 4.79 Å². The summed E-state index contributed by atoms with van der Waals surface area (Å²) in [4.78, 5) is 36.0. The van der Waals surface area contributed by atoms with Crippen molar-refractivity contribution in [3.63, 3.8) is 0 Å². The van der Waals surface area contributed by atoms with Gasteiger partial charge in [0.25, 0.3) is 11.8 Å². The highest BCUT2D eigenvalue weighted by atomic mass is 16.5. The third-order valence-electron chi connectivity index (χ3n) is 3.75. The summed E-state index contributed by atoms with van der Waals surface area (Å²) < 4.78 is 15.6. The standard InChI is InChI=1S/C21H25N3O6/c1-5-29-21(27)22-16-9-6-14(7-10-16)19(25)23-24-20(26)15-8-11-17(30-13(2)3)18(12-15)28-4/h6-13H,5H2,1-4H3,(H,22,27)(H,23,25)(H,24,26). The van der Waals surface area contributed by atoms with Crippen LogP contribution in [0.5, 0.6) is 11.5 Å². The number of hydrogen-bond acceptors (Lipinski definition) is 6. The first-order valence-corrected chi connectivity index (χ1v) is 9.33. The Kier molecular flexibility index (Phi) is 8.04. The third kappa shape index (κ3) is 6.40. The summed E-state index contributed by atoms with van der Waals surface area (Å²) in [6, 6.07) is 10.8. The normalized spacial score (nSPS) is 10.2. The first kappa shape index (κ1) is 22.5. The summed E-state index contributed by atoms with van der Waals surface area (Å²) in [5.74, 6) is -0.104. The maximum atomic E-state index is 12.3. The minimum atomic E-state index is -0.581. The average Bonchev–Trinajstić information content (AvgIpc) is 2.72. The zero-order valence-electron chi connectivity index (χ0n) is 17.3. The molecule has 0 aliphatic heterocycles. The Balaban J connectivity index is 1.95. The molecule has 3 N–H and O–H groups in total. The van der Waals surface area contributed by atoms with Gasteiger partial charge in [0, 0.05) is 16.8 Å². The van der Waals surface area contributed by atoms with Crippen LogP contribution in [0.25, 0.3) is 0 Å². The smallest absolute Gasteiger partial charge is 0.411 e. The molecule has 0 atom stereocenters. The number of hydrogen-bond donors (Lipinski definition) is 3. The Morgan fingerprint density at radius 3 is 2.07 bits per heavy atom. The molecule has 0 radical (unpaired) electrons. The summed E-state index contributed by atoms with van der Waals surface area (Å²) in [5.41, 5.74) is 5.75. The Morgan fingerprint density at radius 1 is 0.900 bits per heavy atom. The van der Waals surface area contributed by atoms with Gasteiger partial charge in [0.2, 0.25) is 0 Å². The number of carbonyl (C=O) groups excluding carboxylic acids is 3. The molecule has 0 aliphatic rings. The van der Waals surface area contributed by atoms with E-state index in [9.17, 15) is 14.4 Å². The summed E-state index contributed by atoms with van der Waals surface area (Å²) in [6.07, 6.45) is -0.626. The molecular weight excluding hydrogens is 390 g/mol. The fraction of sp³-hybridized carbons (Fsp3) is 0.286. The summed E-state index contributed by atoms with van der Waals surface area (Å²) >= 11 is 0. The number of rotatable bonds is 7. The van der Waals surface area contributed by atoms with Gasteiger partial charge in [0.1, 0.15) is 0 Å². The maximum absolute atomic E-state index is 12.3. The highest BCUT2D eigenvalue weighted by molar-refractivity contribution is 5.99. The molecule has 2 rings (SSSR count).